The highest BCUT2D eigenvalue weighted by molar-refractivity contribution is 8.47. The van der Waals surface area contributed by atoms with E-state index in [4.69, 9.17) is 22.6 Å². The lowest BCUT2D eigenvalue weighted by Crippen LogP contribution is -2.20. The van der Waals surface area contributed by atoms with Gasteiger partial charge in [0.05, 0.1) is 6.07 Å². The van der Waals surface area contributed by atoms with Crippen molar-refractivity contribution in [3.05, 3.63) is 0 Å². The first-order valence-corrected chi connectivity index (χ1v) is 8.63. The molecule has 0 rings (SSSR count). The topological polar surface area (TPSA) is 61.1 Å². The van der Waals surface area contributed by atoms with Crippen LogP contribution in [-0.4, -0.2) is 25.1 Å². The van der Waals surface area contributed by atoms with Crippen molar-refractivity contribution in [3.63, 3.8) is 0 Å². The number of hydrogen-bond donors (Lipinski definition) is 1. The Bertz CT molecular complexity index is 341. The van der Waals surface area contributed by atoms with Crippen LogP contribution in [0.15, 0.2) is 0 Å². The minimum absolute atomic E-state index is 0.000833. The summed E-state index contributed by atoms with van der Waals surface area (Å²) in [6.45, 7) is 3.93. The van der Waals surface area contributed by atoms with E-state index in [1.54, 1.807) is 18.7 Å². The Hall–Kier alpha value is -0.250. The second kappa shape index (κ2) is 10.5. The third kappa shape index (κ3) is 10.2. The van der Waals surface area contributed by atoms with E-state index >= 15 is 0 Å². The predicted octanol–water partition coefficient (Wildman–Crippen LogP) is 4.47. The number of thioether (sulfide) groups is 2. The highest BCUT2D eigenvalue weighted by Gasteiger charge is 2.27. The van der Waals surface area contributed by atoms with Crippen molar-refractivity contribution in [1.29, 1.82) is 5.26 Å². The maximum absolute atomic E-state index is 10.6. The van der Waals surface area contributed by atoms with Crippen LogP contribution in [0.25, 0.3) is 0 Å². The number of carboxylic acids is 1. The van der Waals surface area contributed by atoms with Gasteiger partial charge in [0, 0.05) is 6.42 Å². The lowest BCUT2D eigenvalue weighted by atomic mass is 10.1. The second-order valence-corrected chi connectivity index (χ2v) is 8.30. The average molecular weight is 320 g/mol. The molecule has 0 spiro atoms. The van der Waals surface area contributed by atoms with Crippen molar-refractivity contribution in [2.45, 2.75) is 57.1 Å². The molecule has 0 saturated carbocycles. The number of hydrogen-bond acceptors (Lipinski definition) is 5. The quantitative estimate of drug-likeness (QED) is 0.500. The molecule has 1 atom stereocenters. The summed E-state index contributed by atoms with van der Waals surface area (Å²) >= 11 is 8.18. The summed E-state index contributed by atoms with van der Waals surface area (Å²) in [5, 5.41) is 17.8. The molecule has 0 fully saturated rings. The molecule has 1 unspecified atom stereocenters. The van der Waals surface area contributed by atoms with E-state index in [-0.39, 0.29) is 6.42 Å². The molecular weight excluding hydrogens is 298 g/mol. The van der Waals surface area contributed by atoms with Crippen LogP contribution >= 0.6 is 35.7 Å². The van der Waals surface area contributed by atoms with E-state index in [0.717, 1.165) is 15.7 Å². The van der Waals surface area contributed by atoms with Crippen molar-refractivity contribution in [2.24, 2.45) is 0 Å². The zero-order valence-electron chi connectivity index (χ0n) is 11.5. The van der Waals surface area contributed by atoms with Gasteiger partial charge in [-0.2, -0.15) is 5.26 Å². The van der Waals surface area contributed by atoms with Crippen LogP contribution in [0.2, 0.25) is 0 Å². The van der Waals surface area contributed by atoms with Crippen molar-refractivity contribution in [2.75, 3.05) is 5.75 Å². The summed E-state index contributed by atoms with van der Waals surface area (Å²) in [5.41, 5.74) is 0. The van der Waals surface area contributed by atoms with Crippen molar-refractivity contribution in [3.8, 4) is 6.07 Å². The predicted molar refractivity (Wildman–Crippen MR) is 87.7 cm³/mol. The van der Waals surface area contributed by atoms with E-state index < -0.39 is 10.7 Å². The highest BCUT2D eigenvalue weighted by Crippen LogP contribution is 2.34. The Balaban J connectivity index is 3.99. The molecule has 0 amide bonds. The number of rotatable bonds is 9. The molecule has 0 bridgehead atoms. The van der Waals surface area contributed by atoms with Crippen LogP contribution in [0.4, 0.5) is 0 Å². The minimum Gasteiger partial charge on any atom is -0.481 e. The molecule has 3 nitrogen and oxygen atoms in total. The molecule has 0 aromatic carbocycles. The Labute approximate surface area is 129 Å². The number of nitriles is 1. The summed E-state index contributed by atoms with van der Waals surface area (Å²) < 4.78 is 0.0113. The summed E-state index contributed by atoms with van der Waals surface area (Å²) in [6, 6.07) is 2.17. The molecule has 6 heteroatoms. The van der Waals surface area contributed by atoms with Gasteiger partial charge in [0.15, 0.2) is 0 Å². The van der Waals surface area contributed by atoms with Crippen molar-refractivity contribution < 1.29 is 9.90 Å². The first-order valence-electron chi connectivity index (χ1n) is 6.42. The van der Waals surface area contributed by atoms with Gasteiger partial charge in [-0.1, -0.05) is 50.2 Å². The lowest BCUT2D eigenvalue weighted by Gasteiger charge is -2.19. The third-order valence-electron chi connectivity index (χ3n) is 2.58. The van der Waals surface area contributed by atoms with E-state index in [1.807, 2.05) is 0 Å². The van der Waals surface area contributed by atoms with Crippen molar-refractivity contribution >= 4 is 45.2 Å². The average Bonchev–Trinajstić information content (AvgIpc) is 2.36. The lowest BCUT2D eigenvalue weighted by molar-refractivity contribution is -0.137. The minimum atomic E-state index is -0.875. The Morgan fingerprint density at radius 2 is 2.11 bits per heavy atom. The number of carboxylic acid groups (broad SMARTS) is 1. The zero-order chi connectivity index (χ0) is 14.7. The fraction of sp³-hybridized carbons (Fsp3) is 0.769. The summed E-state index contributed by atoms with van der Waals surface area (Å²) in [7, 11) is 0. The SMILES string of the molecule is CCCCCCSC(=S)SC(C)(C#N)CCC(=O)O. The third-order valence-corrected chi connectivity index (χ3v) is 5.43. The van der Waals surface area contributed by atoms with Gasteiger partial charge in [0.2, 0.25) is 0 Å². The Morgan fingerprint density at radius 3 is 2.63 bits per heavy atom. The van der Waals surface area contributed by atoms with Crippen LogP contribution in [0, 0.1) is 11.3 Å². The zero-order valence-corrected chi connectivity index (χ0v) is 13.9. The smallest absolute Gasteiger partial charge is 0.303 e. The van der Waals surface area contributed by atoms with E-state index in [1.165, 1.54) is 31.0 Å². The van der Waals surface area contributed by atoms with Crippen LogP contribution in [0.5, 0.6) is 0 Å². The summed E-state index contributed by atoms with van der Waals surface area (Å²) in [6.07, 6.45) is 5.13. The maximum atomic E-state index is 10.6. The van der Waals surface area contributed by atoms with Crippen LogP contribution in [0.1, 0.15) is 52.4 Å². The Morgan fingerprint density at radius 1 is 1.42 bits per heavy atom. The Kier molecular flexibility index (Phi) is 10.4. The highest BCUT2D eigenvalue weighted by atomic mass is 32.2. The van der Waals surface area contributed by atoms with Gasteiger partial charge in [-0.15, -0.1) is 11.8 Å². The monoisotopic (exact) mass is 319 g/mol. The number of nitrogens with zero attached hydrogens (tertiary/aromatic N) is 1. The molecule has 108 valence electrons. The molecular formula is C13H21NO2S3. The first kappa shape index (κ1) is 18.8. The molecule has 0 aliphatic rings. The number of carbonyl (C=O) groups is 1. The number of thiocarbonyl (C=S) groups is 1. The van der Waals surface area contributed by atoms with Gasteiger partial charge in [0.25, 0.3) is 0 Å². The molecule has 19 heavy (non-hydrogen) atoms. The van der Waals surface area contributed by atoms with Crippen LogP contribution in [0.3, 0.4) is 0 Å². The molecule has 1 N–H and O–H groups in total. The molecule has 0 aromatic heterocycles. The first-order chi connectivity index (χ1) is 8.93. The fourth-order valence-electron chi connectivity index (χ4n) is 1.37. The number of unbranched alkanes of at least 4 members (excludes halogenated alkanes) is 3. The standard InChI is InChI=1S/C13H21NO2S3/c1-3-4-5-6-9-18-12(17)19-13(2,10-14)8-7-11(15)16/h3-9H2,1-2H3,(H,15,16). The maximum Gasteiger partial charge on any atom is 0.303 e. The fourth-order valence-corrected chi connectivity index (χ4v) is 4.34. The van der Waals surface area contributed by atoms with Gasteiger partial charge < -0.3 is 5.11 Å². The molecule has 0 aliphatic carbocycles. The molecule has 0 radical (unpaired) electrons. The molecule has 0 aliphatic heterocycles. The van der Waals surface area contributed by atoms with Gasteiger partial charge in [-0.3, -0.25) is 4.79 Å². The molecule has 0 aromatic rings. The molecule has 0 saturated heterocycles. The molecule has 0 heterocycles. The summed E-state index contributed by atoms with van der Waals surface area (Å²) in [4.78, 5) is 10.6. The van der Waals surface area contributed by atoms with Gasteiger partial charge >= 0.3 is 5.97 Å². The van der Waals surface area contributed by atoms with Crippen LogP contribution in [-0.2, 0) is 4.79 Å². The van der Waals surface area contributed by atoms with Gasteiger partial charge in [0.1, 0.15) is 8.28 Å². The van der Waals surface area contributed by atoms with Crippen LogP contribution < -0.4 is 0 Å². The second-order valence-electron chi connectivity index (χ2n) is 4.50. The van der Waals surface area contributed by atoms with E-state index in [0.29, 0.717) is 6.42 Å². The normalized spacial score (nSPS) is 13.5. The van der Waals surface area contributed by atoms with Gasteiger partial charge in [-0.05, 0) is 25.5 Å². The number of aliphatic carboxylic acids is 1. The van der Waals surface area contributed by atoms with E-state index in [2.05, 4.69) is 13.0 Å². The van der Waals surface area contributed by atoms with Gasteiger partial charge in [-0.25, -0.2) is 0 Å². The van der Waals surface area contributed by atoms with E-state index in [9.17, 15) is 4.79 Å². The summed E-state index contributed by atoms with van der Waals surface area (Å²) in [5.74, 6) is 0.104. The van der Waals surface area contributed by atoms with Crippen molar-refractivity contribution in [1.82, 2.24) is 0 Å². The largest absolute Gasteiger partial charge is 0.481 e.